The quantitative estimate of drug-likeness (QED) is 0.639. The predicted molar refractivity (Wildman–Crippen MR) is 62.9 cm³/mol. The third kappa shape index (κ3) is 2.38. The fraction of sp³-hybridized carbons (Fsp3) is 0.538. The van der Waals surface area contributed by atoms with Crippen LogP contribution >= 0.6 is 0 Å². The van der Waals surface area contributed by atoms with Gasteiger partial charge < -0.3 is 29.5 Å². The molecule has 2 aliphatic rings. The second kappa shape index (κ2) is 5.16. The van der Waals surface area contributed by atoms with E-state index in [1.54, 1.807) is 0 Å². The van der Waals surface area contributed by atoms with Crippen molar-refractivity contribution < 1.29 is 29.5 Å². The lowest BCUT2D eigenvalue weighted by atomic mass is 9.98. The number of rotatable bonds is 1. The molecule has 2 aliphatic heterocycles. The van der Waals surface area contributed by atoms with Gasteiger partial charge in [-0.1, -0.05) is 30.3 Å². The summed E-state index contributed by atoms with van der Waals surface area (Å²) in [6.45, 7) is 0.186. The van der Waals surface area contributed by atoms with E-state index in [2.05, 4.69) is 0 Å². The average Bonchev–Trinajstić information content (AvgIpc) is 2.46. The van der Waals surface area contributed by atoms with Gasteiger partial charge in [-0.2, -0.15) is 0 Å². The van der Waals surface area contributed by atoms with E-state index >= 15 is 0 Å². The summed E-state index contributed by atoms with van der Waals surface area (Å²) in [5.74, 6) is 0. The molecule has 0 saturated carbocycles. The Morgan fingerprint density at radius 2 is 1.68 bits per heavy atom. The standard InChI is InChI=1S/C13H16O6/c14-9-10(15)12(16)18-8-6-17-13(19-11(8)9)7-4-2-1-3-5-7/h1-5,8-16H,6H2/t8-,9?,10?,11-,12?,13?/m0/s1. The molecular weight excluding hydrogens is 252 g/mol. The third-order valence-corrected chi connectivity index (χ3v) is 3.42. The van der Waals surface area contributed by atoms with Crippen LogP contribution in [0.15, 0.2) is 30.3 Å². The maximum atomic E-state index is 9.94. The summed E-state index contributed by atoms with van der Waals surface area (Å²) in [7, 11) is 0. The van der Waals surface area contributed by atoms with Crippen LogP contribution in [-0.4, -0.2) is 52.6 Å². The lowest BCUT2D eigenvalue weighted by molar-refractivity contribution is -0.354. The van der Waals surface area contributed by atoms with Gasteiger partial charge in [-0.15, -0.1) is 0 Å². The van der Waals surface area contributed by atoms with Crippen molar-refractivity contribution in [1.82, 2.24) is 0 Å². The number of ether oxygens (including phenoxy) is 3. The number of aliphatic hydroxyl groups is 3. The van der Waals surface area contributed by atoms with Gasteiger partial charge in [0.15, 0.2) is 12.6 Å². The molecule has 1 aromatic rings. The summed E-state index contributed by atoms with van der Waals surface area (Å²) < 4.78 is 16.3. The second-order valence-electron chi connectivity index (χ2n) is 4.72. The van der Waals surface area contributed by atoms with Gasteiger partial charge in [0, 0.05) is 5.56 Å². The zero-order valence-corrected chi connectivity index (χ0v) is 10.1. The molecule has 2 saturated heterocycles. The molecule has 6 atom stereocenters. The van der Waals surface area contributed by atoms with Crippen LogP contribution in [-0.2, 0) is 14.2 Å². The monoisotopic (exact) mass is 268 g/mol. The summed E-state index contributed by atoms with van der Waals surface area (Å²) in [5.41, 5.74) is 0.828. The topological polar surface area (TPSA) is 88.4 Å². The zero-order chi connectivity index (χ0) is 13.4. The van der Waals surface area contributed by atoms with Crippen LogP contribution in [0.2, 0.25) is 0 Å². The minimum atomic E-state index is -1.42. The molecule has 0 amide bonds. The van der Waals surface area contributed by atoms with Crippen LogP contribution in [0.1, 0.15) is 11.9 Å². The van der Waals surface area contributed by atoms with Crippen molar-refractivity contribution in [2.45, 2.75) is 37.0 Å². The van der Waals surface area contributed by atoms with Crippen molar-refractivity contribution in [3.05, 3.63) is 35.9 Å². The molecule has 3 N–H and O–H groups in total. The van der Waals surface area contributed by atoms with Crippen LogP contribution in [0, 0.1) is 0 Å². The van der Waals surface area contributed by atoms with E-state index in [1.165, 1.54) is 0 Å². The van der Waals surface area contributed by atoms with Crippen LogP contribution < -0.4 is 0 Å². The number of fused-ring (bicyclic) bond motifs is 1. The van der Waals surface area contributed by atoms with Crippen LogP contribution in [0.5, 0.6) is 0 Å². The minimum absolute atomic E-state index is 0.186. The number of aliphatic hydroxyl groups excluding tert-OH is 3. The van der Waals surface area contributed by atoms with Gasteiger partial charge in [0.25, 0.3) is 0 Å². The normalized spacial score (nSPS) is 42.7. The van der Waals surface area contributed by atoms with E-state index < -0.39 is 37.0 Å². The van der Waals surface area contributed by atoms with Gasteiger partial charge >= 0.3 is 0 Å². The molecule has 6 heteroatoms. The molecule has 4 unspecified atom stereocenters. The fourth-order valence-electron chi connectivity index (χ4n) is 2.37. The minimum Gasteiger partial charge on any atom is -0.387 e. The maximum absolute atomic E-state index is 9.94. The van der Waals surface area contributed by atoms with Crippen LogP contribution in [0.4, 0.5) is 0 Å². The molecule has 3 rings (SSSR count). The Labute approximate surface area is 110 Å². The molecule has 0 spiro atoms. The van der Waals surface area contributed by atoms with Crippen molar-refractivity contribution in [2.75, 3.05) is 6.61 Å². The van der Waals surface area contributed by atoms with E-state index in [1.807, 2.05) is 30.3 Å². The Kier molecular flexibility index (Phi) is 3.53. The van der Waals surface area contributed by atoms with Gasteiger partial charge in [-0.25, -0.2) is 0 Å². The number of hydrogen-bond donors (Lipinski definition) is 3. The Morgan fingerprint density at radius 3 is 2.42 bits per heavy atom. The Balaban J connectivity index is 1.75. The van der Waals surface area contributed by atoms with Crippen molar-refractivity contribution in [2.24, 2.45) is 0 Å². The lowest BCUT2D eigenvalue weighted by Crippen LogP contribution is -2.61. The molecule has 0 bridgehead atoms. The largest absolute Gasteiger partial charge is 0.387 e. The highest BCUT2D eigenvalue weighted by Crippen LogP contribution is 2.33. The summed E-state index contributed by atoms with van der Waals surface area (Å²) in [6.07, 6.45) is -5.93. The molecule has 0 radical (unpaired) electrons. The zero-order valence-electron chi connectivity index (χ0n) is 10.1. The molecule has 1 aromatic carbocycles. The van der Waals surface area contributed by atoms with Gasteiger partial charge in [-0.3, -0.25) is 0 Å². The Bertz CT molecular complexity index is 422. The summed E-state index contributed by atoms with van der Waals surface area (Å²) in [5, 5.41) is 29.0. The van der Waals surface area contributed by atoms with E-state index in [0.29, 0.717) is 0 Å². The molecule has 6 nitrogen and oxygen atoms in total. The average molecular weight is 268 g/mol. The highest BCUT2D eigenvalue weighted by atomic mass is 16.7. The first-order chi connectivity index (χ1) is 9.16. The molecule has 19 heavy (non-hydrogen) atoms. The van der Waals surface area contributed by atoms with E-state index in [-0.39, 0.29) is 6.61 Å². The number of hydrogen-bond acceptors (Lipinski definition) is 6. The summed E-state index contributed by atoms with van der Waals surface area (Å²) in [4.78, 5) is 0. The van der Waals surface area contributed by atoms with Crippen LogP contribution in [0.3, 0.4) is 0 Å². The Morgan fingerprint density at radius 1 is 0.947 bits per heavy atom. The molecule has 2 heterocycles. The molecule has 0 aromatic heterocycles. The highest BCUT2D eigenvalue weighted by molar-refractivity contribution is 5.16. The van der Waals surface area contributed by atoms with E-state index in [4.69, 9.17) is 14.2 Å². The van der Waals surface area contributed by atoms with Gasteiger partial charge in [0.05, 0.1) is 6.61 Å². The second-order valence-corrected chi connectivity index (χ2v) is 4.72. The highest BCUT2D eigenvalue weighted by Gasteiger charge is 2.48. The number of benzene rings is 1. The van der Waals surface area contributed by atoms with Gasteiger partial charge in [-0.05, 0) is 0 Å². The van der Waals surface area contributed by atoms with Gasteiger partial charge in [0.1, 0.15) is 24.4 Å². The fourth-order valence-corrected chi connectivity index (χ4v) is 2.37. The molecule has 0 aliphatic carbocycles. The maximum Gasteiger partial charge on any atom is 0.184 e. The predicted octanol–water partition coefficient (Wildman–Crippen LogP) is -0.460. The summed E-state index contributed by atoms with van der Waals surface area (Å²) >= 11 is 0. The Hall–Kier alpha value is -1.02. The van der Waals surface area contributed by atoms with Crippen molar-refractivity contribution >= 4 is 0 Å². The first-order valence-electron chi connectivity index (χ1n) is 6.18. The SMILES string of the molecule is OC1O[C@H]2COC(c3ccccc3)O[C@@H]2C(O)C1O. The molecule has 104 valence electrons. The van der Waals surface area contributed by atoms with E-state index in [0.717, 1.165) is 5.56 Å². The van der Waals surface area contributed by atoms with Crippen molar-refractivity contribution in [3.63, 3.8) is 0 Å². The van der Waals surface area contributed by atoms with Crippen molar-refractivity contribution in [3.8, 4) is 0 Å². The van der Waals surface area contributed by atoms with Gasteiger partial charge in [0.2, 0.25) is 0 Å². The third-order valence-electron chi connectivity index (χ3n) is 3.42. The first kappa shape index (κ1) is 13.0. The smallest absolute Gasteiger partial charge is 0.184 e. The molecule has 2 fully saturated rings. The van der Waals surface area contributed by atoms with Crippen LogP contribution in [0.25, 0.3) is 0 Å². The lowest BCUT2D eigenvalue weighted by Gasteiger charge is -2.45. The summed E-state index contributed by atoms with van der Waals surface area (Å²) in [6, 6.07) is 9.31. The van der Waals surface area contributed by atoms with E-state index in [9.17, 15) is 15.3 Å². The first-order valence-corrected chi connectivity index (χ1v) is 6.18. The molecular formula is C13H16O6. The van der Waals surface area contributed by atoms with Crippen molar-refractivity contribution in [1.29, 1.82) is 0 Å².